The molecule has 0 bridgehead atoms. The lowest BCUT2D eigenvalue weighted by Gasteiger charge is -2.21. The Bertz CT molecular complexity index is 1460. The molecule has 0 aliphatic rings. The molecule has 3 N–H and O–H groups in total. The Morgan fingerprint density at radius 3 is 2.57 bits per heavy atom. The summed E-state index contributed by atoms with van der Waals surface area (Å²) in [6.07, 6.45) is 1.97. The quantitative estimate of drug-likeness (QED) is 0.275. The standard InChI is InChI=1S/C27H26N2O6/c1-16-12-24(32)26(27(34)29(16)11-9-17-5-8-22(30)23(31)13-17)20(15-25(33)35-2)18-6-7-21-19(14-18)4-3-10-28-21/h3-8,10,12-14,20,30-32H,9,11,15H2,1-2H3/t20-/m0/s1. The van der Waals surface area contributed by atoms with Crippen LogP contribution in [0, 0.1) is 6.92 Å². The van der Waals surface area contributed by atoms with Crippen molar-refractivity contribution in [2.75, 3.05) is 7.11 Å². The lowest BCUT2D eigenvalue weighted by atomic mass is 9.87. The average molecular weight is 475 g/mol. The van der Waals surface area contributed by atoms with E-state index in [9.17, 15) is 24.9 Å². The Kier molecular flexibility index (Phi) is 6.73. The molecule has 35 heavy (non-hydrogen) atoms. The first-order valence-electron chi connectivity index (χ1n) is 11.1. The number of benzene rings is 2. The van der Waals surface area contributed by atoms with E-state index in [0.717, 1.165) is 16.5 Å². The van der Waals surface area contributed by atoms with E-state index < -0.39 is 17.4 Å². The maximum absolute atomic E-state index is 13.7. The minimum atomic E-state index is -0.732. The SMILES string of the molecule is COC(=O)C[C@@H](c1ccc2ncccc2c1)c1c(O)cc(C)n(CCc2ccc(O)c(O)c2)c1=O. The molecule has 1 atom stereocenters. The zero-order chi connectivity index (χ0) is 25.1. The van der Waals surface area contributed by atoms with Crippen molar-refractivity contribution in [1.82, 2.24) is 9.55 Å². The first-order valence-corrected chi connectivity index (χ1v) is 11.1. The normalized spacial score (nSPS) is 11.9. The van der Waals surface area contributed by atoms with Crippen LogP contribution in [-0.4, -0.2) is 37.9 Å². The fourth-order valence-corrected chi connectivity index (χ4v) is 4.29. The predicted octanol–water partition coefficient (Wildman–Crippen LogP) is 3.76. The fourth-order valence-electron chi connectivity index (χ4n) is 4.29. The van der Waals surface area contributed by atoms with Crippen LogP contribution in [0.2, 0.25) is 0 Å². The van der Waals surface area contributed by atoms with Crippen LogP contribution in [0.4, 0.5) is 0 Å². The van der Waals surface area contributed by atoms with Crippen molar-refractivity contribution in [3.05, 3.63) is 93.5 Å². The van der Waals surface area contributed by atoms with Gasteiger partial charge >= 0.3 is 5.97 Å². The number of aromatic nitrogens is 2. The molecule has 0 amide bonds. The minimum Gasteiger partial charge on any atom is -0.507 e. The molecule has 8 nitrogen and oxygen atoms in total. The number of phenols is 2. The molecule has 0 fully saturated rings. The Labute approximate surface area is 201 Å². The third kappa shape index (κ3) is 4.96. The summed E-state index contributed by atoms with van der Waals surface area (Å²) < 4.78 is 6.42. The second kappa shape index (κ2) is 9.89. The molecule has 0 radical (unpaired) electrons. The smallest absolute Gasteiger partial charge is 0.306 e. The largest absolute Gasteiger partial charge is 0.507 e. The van der Waals surface area contributed by atoms with E-state index >= 15 is 0 Å². The van der Waals surface area contributed by atoms with Gasteiger partial charge in [0.15, 0.2) is 11.5 Å². The number of methoxy groups -OCH3 is 1. The van der Waals surface area contributed by atoms with Gasteiger partial charge in [-0.3, -0.25) is 14.6 Å². The topological polar surface area (TPSA) is 122 Å². The number of carbonyl (C=O) groups excluding carboxylic acids is 1. The maximum atomic E-state index is 13.7. The summed E-state index contributed by atoms with van der Waals surface area (Å²) in [5.41, 5.74) is 2.44. The summed E-state index contributed by atoms with van der Waals surface area (Å²) in [5, 5.41) is 31.0. The minimum absolute atomic E-state index is 0.109. The highest BCUT2D eigenvalue weighted by atomic mass is 16.5. The van der Waals surface area contributed by atoms with Crippen molar-refractivity contribution in [1.29, 1.82) is 0 Å². The van der Waals surface area contributed by atoms with Crippen LogP contribution >= 0.6 is 0 Å². The van der Waals surface area contributed by atoms with Gasteiger partial charge in [0.05, 0.1) is 24.6 Å². The van der Waals surface area contributed by atoms with Crippen LogP contribution in [0.15, 0.2) is 65.6 Å². The number of hydrogen-bond donors (Lipinski definition) is 3. The number of nitrogens with zero attached hydrogens (tertiary/aromatic N) is 2. The molecular formula is C27H26N2O6. The third-order valence-corrected chi connectivity index (χ3v) is 6.16. The van der Waals surface area contributed by atoms with E-state index in [1.807, 2.05) is 18.2 Å². The number of pyridine rings is 2. The number of phenolic OH excluding ortho intramolecular Hbond substituents is 2. The summed E-state index contributed by atoms with van der Waals surface area (Å²) in [5.74, 6) is -1.88. The van der Waals surface area contributed by atoms with Gasteiger partial charge in [-0.1, -0.05) is 18.2 Å². The number of aromatic hydroxyl groups is 3. The van der Waals surface area contributed by atoms with E-state index in [1.54, 1.807) is 31.3 Å². The second-order valence-corrected chi connectivity index (χ2v) is 8.40. The van der Waals surface area contributed by atoms with Crippen LogP contribution in [0.25, 0.3) is 10.9 Å². The zero-order valence-electron chi connectivity index (χ0n) is 19.4. The van der Waals surface area contributed by atoms with Gasteiger partial charge in [0.25, 0.3) is 5.56 Å². The Balaban J connectivity index is 1.78. The van der Waals surface area contributed by atoms with Crippen molar-refractivity contribution in [2.45, 2.75) is 32.2 Å². The predicted molar refractivity (Wildman–Crippen MR) is 131 cm³/mol. The van der Waals surface area contributed by atoms with Gasteiger partial charge in [-0.05, 0) is 60.9 Å². The molecule has 2 heterocycles. The zero-order valence-corrected chi connectivity index (χ0v) is 19.4. The van der Waals surface area contributed by atoms with Crippen molar-refractivity contribution in [2.24, 2.45) is 0 Å². The number of ether oxygens (including phenoxy) is 1. The molecule has 0 saturated carbocycles. The van der Waals surface area contributed by atoms with Crippen molar-refractivity contribution in [3.63, 3.8) is 0 Å². The van der Waals surface area contributed by atoms with E-state index in [1.165, 1.54) is 29.9 Å². The number of rotatable bonds is 7. The molecule has 4 rings (SSSR count). The lowest BCUT2D eigenvalue weighted by molar-refractivity contribution is -0.140. The molecule has 0 spiro atoms. The van der Waals surface area contributed by atoms with E-state index in [2.05, 4.69) is 4.98 Å². The van der Waals surface area contributed by atoms with Gasteiger partial charge in [-0.15, -0.1) is 0 Å². The van der Waals surface area contributed by atoms with Crippen LogP contribution in [-0.2, 0) is 22.5 Å². The summed E-state index contributed by atoms with van der Waals surface area (Å²) >= 11 is 0. The van der Waals surface area contributed by atoms with Gasteiger partial charge in [-0.2, -0.15) is 0 Å². The summed E-state index contributed by atoms with van der Waals surface area (Å²) in [6, 6.07) is 15.2. The number of aryl methyl sites for hydroxylation is 2. The highest BCUT2D eigenvalue weighted by Gasteiger charge is 2.27. The molecule has 180 valence electrons. The van der Waals surface area contributed by atoms with E-state index in [-0.39, 0.29) is 35.8 Å². The molecule has 8 heteroatoms. The fraction of sp³-hybridized carbons (Fsp3) is 0.222. The average Bonchev–Trinajstić information content (AvgIpc) is 2.84. The summed E-state index contributed by atoms with van der Waals surface area (Å²) in [6.45, 7) is 1.99. The van der Waals surface area contributed by atoms with Crippen LogP contribution < -0.4 is 5.56 Å². The molecule has 2 aromatic carbocycles. The van der Waals surface area contributed by atoms with Gasteiger partial charge < -0.3 is 24.6 Å². The summed E-state index contributed by atoms with van der Waals surface area (Å²) in [7, 11) is 1.28. The Morgan fingerprint density at radius 2 is 1.83 bits per heavy atom. The number of hydrogen-bond acceptors (Lipinski definition) is 7. The molecule has 0 saturated heterocycles. The van der Waals surface area contributed by atoms with Gasteiger partial charge in [0, 0.05) is 29.7 Å². The molecule has 0 aliphatic carbocycles. The third-order valence-electron chi connectivity index (χ3n) is 6.16. The highest BCUT2D eigenvalue weighted by Crippen LogP contribution is 2.34. The van der Waals surface area contributed by atoms with Crippen LogP contribution in [0.1, 0.15) is 34.7 Å². The molecule has 4 aromatic rings. The van der Waals surface area contributed by atoms with Crippen molar-refractivity contribution in [3.8, 4) is 17.2 Å². The number of esters is 1. The highest BCUT2D eigenvalue weighted by molar-refractivity contribution is 5.80. The van der Waals surface area contributed by atoms with Crippen LogP contribution in [0.3, 0.4) is 0 Å². The Hall–Kier alpha value is -4.33. The molecule has 0 aliphatic heterocycles. The van der Waals surface area contributed by atoms with Gasteiger partial charge in [0.1, 0.15) is 5.75 Å². The van der Waals surface area contributed by atoms with Gasteiger partial charge in [-0.25, -0.2) is 0 Å². The van der Waals surface area contributed by atoms with E-state index in [0.29, 0.717) is 17.7 Å². The van der Waals surface area contributed by atoms with E-state index in [4.69, 9.17) is 4.74 Å². The molecule has 0 unspecified atom stereocenters. The van der Waals surface area contributed by atoms with Crippen molar-refractivity contribution >= 4 is 16.9 Å². The second-order valence-electron chi connectivity index (χ2n) is 8.40. The Morgan fingerprint density at radius 1 is 1.03 bits per heavy atom. The summed E-state index contributed by atoms with van der Waals surface area (Å²) in [4.78, 5) is 30.3. The van der Waals surface area contributed by atoms with Crippen molar-refractivity contribution < 1.29 is 24.9 Å². The van der Waals surface area contributed by atoms with Crippen LogP contribution in [0.5, 0.6) is 17.2 Å². The molecular weight excluding hydrogens is 448 g/mol. The first kappa shape index (κ1) is 23.8. The number of carbonyl (C=O) groups is 1. The number of fused-ring (bicyclic) bond motifs is 1. The first-order chi connectivity index (χ1) is 16.8. The lowest BCUT2D eigenvalue weighted by Crippen LogP contribution is -2.29. The monoisotopic (exact) mass is 474 g/mol. The molecule has 2 aromatic heterocycles. The van der Waals surface area contributed by atoms with Gasteiger partial charge in [0.2, 0.25) is 0 Å². The maximum Gasteiger partial charge on any atom is 0.306 e.